The van der Waals surface area contributed by atoms with Crippen molar-refractivity contribution >= 4 is 5.69 Å². The molecule has 1 atom stereocenters. The molecule has 0 saturated carbocycles. The number of aliphatic hydroxyl groups is 1. The molecule has 2 nitrogen and oxygen atoms in total. The summed E-state index contributed by atoms with van der Waals surface area (Å²) in [6.45, 7) is 3.57. The van der Waals surface area contributed by atoms with Gasteiger partial charge in [0.1, 0.15) is 0 Å². The smallest absolute Gasteiger partial charge is 0.0989 e. The standard InChI is InChI=1S/C11H15NO/c1-4-11(13)9-7-5-6-8-10(9)12(2)3/h4-8,11,13H,1H2,2-3H3. The SMILES string of the molecule is C=CC(O)c1ccccc1N(C)C. The lowest BCUT2D eigenvalue weighted by atomic mass is 10.1. The Kier molecular flexibility index (Phi) is 3.09. The molecule has 0 amide bonds. The predicted molar refractivity (Wildman–Crippen MR) is 55.9 cm³/mol. The first-order valence-electron chi connectivity index (χ1n) is 4.23. The van der Waals surface area contributed by atoms with Gasteiger partial charge in [-0.2, -0.15) is 0 Å². The first-order chi connectivity index (χ1) is 6.16. The number of anilines is 1. The van der Waals surface area contributed by atoms with Crippen molar-refractivity contribution in [3.8, 4) is 0 Å². The first-order valence-corrected chi connectivity index (χ1v) is 4.23. The second kappa shape index (κ2) is 4.10. The Hall–Kier alpha value is -1.28. The number of rotatable bonds is 3. The highest BCUT2D eigenvalue weighted by atomic mass is 16.3. The normalized spacial score (nSPS) is 12.2. The summed E-state index contributed by atoms with van der Waals surface area (Å²) in [6.07, 6.45) is 0.945. The third-order valence-electron chi connectivity index (χ3n) is 1.96. The second-order valence-electron chi connectivity index (χ2n) is 3.13. The number of hydrogen-bond donors (Lipinski definition) is 1. The average Bonchev–Trinajstić information content (AvgIpc) is 2.16. The van der Waals surface area contributed by atoms with Crippen LogP contribution in [0.25, 0.3) is 0 Å². The lowest BCUT2D eigenvalue weighted by Gasteiger charge is -2.18. The number of hydrogen-bond acceptors (Lipinski definition) is 2. The predicted octanol–water partition coefficient (Wildman–Crippen LogP) is 1.97. The summed E-state index contributed by atoms with van der Waals surface area (Å²) in [4.78, 5) is 1.97. The molecule has 0 fully saturated rings. The summed E-state index contributed by atoms with van der Waals surface area (Å²) in [6, 6.07) is 7.74. The molecule has 1 N–H and O–H groups in total. The third-order valence-corrected chi connectivity index (χ3v) is 1.96. The van der Waals surface area contributed by atoms with E-state index in [-0.39, 0.29) is 0 Å². The zero-order valence-corrected chi connectivity index (χ0v) is 8.07. The molecule has 70 valence electrons. The molecule has 0 radical (unpaired) electrons. The van der Waals surface area contributed by atoms with Gasteiger partial charge >= 0.3 is 0 Å². The van der Waals surface area contributed by atoms with Gasteiger partial charge in [0.15, 0.2) is 0 Å². The van der Waals surface area contributed by atoms with Crippen molar-refractivity contribution in [1.29, 1.82) is 0 Å². The van der Waals surface area contributed by atoms with Gasteiger partial charge in [0.25, 0.3) is 0 Å². The van der Waals surface area contributed by atoms with Gasteiger partial charge in [-0.25, -0.2) is 0 Å². The highest BCUT2D eigenvalue weighted by Gasteiger charge is 2.08. The van der Waals surface area contributed by atoms with Crippen molar-refractivity contribution in [1.82, 2.24) is 0 Å². The van der Waals surface area contributed by atoms with E-state index in [1.165, 1.54) is 6.08 Å². The van der Waals surface area contributed by atoms with Crippen molar-refractivity contribution < 1.29 is 5.11 Å². The third kappa shape index (κ3) is 2.10. The van der Waals surface area contributed by atoms with Crippen LogP contribution in [0.4, 0.5) is 5.69 Å². The molecule has 0 bridgehead atoms. The molecular formula is C11H15NO. The van der Waals surface area contributed by atoms with E-state index < -0.39 is 6.10 Å². The Balaban J connectivity index is 3.11. The lowest BCUT2D eigenvalue weighted by Crippen LogP contribution is -2.12. The zero-order chi connectivity index (χ0) is 9.84. The Labute approximate surface area is 79.1 Å². The van der Waals surface area contributed by atoms with Crippen molar-refractivity contribution in [3.63, 3.8) is 0 Å². The number of benzene rings is 1. The molecule has 2 heteroatoms. The minimum Gasteiger partial charge on any atom is -0.384 e. The van der Waals surface area contributed by atoms with Gasteiger partial charge in [-0.15, -0.1) is 6.58 Å². The molecular weight excluding hydrogens is 162 g/mol. The van der Waals surface area contributed by atoms with E-state index in [1.807, 2.05) is 43.3 Å². The quantitative estimate of drug-likeness (QED) is 0.713. The van der Waals surface area contributed by atoms with Crippen molar-refractivity contribution in [2.45, 2.75) is 6.10 Å². The molecule has 1 aromatic rings. The molecule has 0 aliphatic carbocycles. The maximum atomic E-state index is 9.61. The molecule has 0 heterocycles. The Morgan fingerprint density at radius 2 is 2.00 bits per heavy atom. The van der Waals surface area contributed by atoms with Crippen LogP contribution in [-0.2, 0) is 0 Å². The Morgan fingerprint density at radius 3 is 2.54 bits per heavy atom. The van der Waals surface area contributed by atoms with Crippen LogP contribution >= 0.6 is 0 Å². The van der Waals surface area contributed by atoms with Crippen LogP contribution in [0.2, 0.25) is 0 Å². The Morgan fingerprint density at radius 1 is 1.38 bits per heavy atom. The van der Waals surface area contributed by atoms with E-state index in [1.54, 1.807) is 0 Å². The highest BCUT2D eigenvalue weighted by molar-refractivity contribution is 5.54. The van der Waals surface area contributed by atoms with Gasteiger partial charge in [0.05, 0.1) is 6.10 Å². The van der Waals surface area contributed by atoms with Crippen molar-refractivity contribution in [2.24, 2.45) is 0 Å². The fraction of sp³-hybridized carbons (Fsp3) is 0.273. The van der Waals surface area contributed by atoms with E-state index in [2.05, 4.69) is 6.58 Å². The van der Waals surface area contributed by atoms with Crippen LogP contribution < -0.4 is 4.90 Å². The highest BCUT2D eigenvalue weighted by Crippen LogP contribution is 2.24. The summed E-state index contributed by atoms with van der Waals surface area (Å²) >= 11 is 0. The van der Waals surface area contributed by atoms with Crippen LogP contribution in [0, 0.1) is 0 Å². The summed E-state index contributed by atoms with van der Waals surface area (Å²) in [5.74, 6) is 0. The van der Waals surface area contributed by atoms with Gasteiger partial charge < -0.3 is 10.0 Å². The summed E-state index contributed by atoms with van der Waals surface area (Å²) < 4.78 is 0. The van der Waals surface area contributed by atoms with Crippen LogP contribution in [0.1, 0.15) is 11.7 Å². The minimum atomic E-state index is -0.585. The van der Waals surface area contributed by atoms with Crippen molar-refractivity contribution in [2.75, 3.05) is 19.0 Å². The molecule has 0 spiro atoms. The average molecular weight is 177 g/mol. The number of nitrogens with zero attached hydrogens (tertiary/aromatic N) is 1. The minimum absolute atomic E-state index is 0.585. The molecule has 0 aliphatic rings. The van der Waals surface area contributed by atoms with Crippen LogP contribution in [-0.4, -0.2) is 19.2 Å². The van der Waals surface area contributed by atoms with Gasteiger partial charge in [-0.3, -0.25) is 0 Å². The maximum absolute atomic E-state index is 9.61. The first kappa shape index (κ1) is 9.81. The summed E-state index contributed by atoms with van der Waals surface area (Å²) in [5, 5.41) is 9.61. The fourth-order valence-corrected chi connectivity index (χ4v) is 1.27. The molecule has 13 heavy (non-hydrogen) atoms. The number of para-hydroxylation sites is 1. The van der Waals surface area contributed by atoms with Gasteiger partial charge in [0, 0.05) is 25.3 Å². The van der Waals surface area contributed by atoms with E-state index in [0.29, 0.717) is 0 Å². The van der Waals surface area contributed by atoms with E-state index in [9.17, 15) is 5.11 Å². The Bertz CT molecular complexity index is 294. The molecule has 0 aliphatic heterocycles. The van der Waals surface area contributed by atoms with Crippen LogP contribution in [0.15, 0.2) is 36.9 Å². The van der Waals surface area contributed by atoms with E-state index >= 15 is 0 Å². The summed E-state index contributed by atoms with van der Waals surface area (Å²) in [5.41, 5.74) is 1.91. The van der Waals surface area contributed by atoms with Gasteiger partial charge in [-0.1, -0.05) is 24.3 Å². The van der Waals surface area contributed by atoms with E-state index in [0.717, 1.165) is 11.3 Å². The molecule has 1 aromatic carbocycles. The fourth-order valence-electron chi connectivity index (χ4n) is 1.27. The summed E-state index contributed by atoms with van der Waals surface area (Å²) in [7, 11) is 3.91. The molecule has 1 unspecified atom stereocenters. The van der Waals surface area contributed by atoms with Crippen LogP contribution in [0.3, 0.4) is 0 Å². The molecule has 1 rings (SSSR count). The largest absolute Gasteiger partial charge is 0.384 e. The molecule has 0 aromatic heterocycles. The topological polar surface area (TPSA) is 23.5 Å². The number of aliphatic hydroxyl groups excluding tert-OH is 1. The molecule has 0 saturated heterocycles. The second-order valence-corrected chi connectivity index (χ2v) is 3.13. The van der Waals surface area contributed by atoms with Crippen molar-refractivity contribution in [3.05, 3.63) is 42.5 Å². The van der Waals surface area contributed by atoms with Gasteiger partial charge in [-0.05, 0) is 6.07 Å². The lowest BCUT2D eigenvalue weighted by molar-refractivity contribution is 0.229. The zero-order valence-electron chi connectivity index (χ0n) is 8.07. The van der Waals surface area contributed by atoms with Gasteiger partial charge in [0.2, 0.25) is 0 Å². The van der Waals surface area contributed by atoms with E-state index in [4.69, 9.17) is 0 Å². The monoisotopic (exact) mass is 177 g/mol. The maximum Gasteiger partial charge on any atom is 0.0989 e. The van der Waals surface area contributed by atoms with Crippen LogP contribution in [0.5, 0.6) is 0 Å².